The molecule has 1 aromatic rings. The summed E-state index contributed by atoms with van der Waals surface area (Å²) in [5.74, 6) is 0.851. The summed E-state index contributed by atoms with van der Waals surface area (Å²) in [6, 6.07) is 0.331. The first-order valence-corrected chi connectivity index (χ1v) is 7.20. The van der Waals surface area contributed by atoms with Gasteiger partial charge in [0.25, 0.3) is 0 Å². The number of likely N-dealkylation sites (tertiary alicyclic amines) is 1. The quantitative estimate of drug-likeness (QED) is 0.889. The molecule has 2 unspecified atom stereocenters. The third-order valence-electron chi connectivity index (χ3n) is 4.14. The second kappa shape index (κ2) is 6.34. The van der Waals surface area contributed by atoms with Crippen molar-refractivity contribution in [3.8, 4) is 0 Å². The summed E-state index contributed by atoms with van der Waals surface area (Å²) in [5, 5.41) is 0. The fourth-order valence-electron chi connectivity index (χ4n) is 2.93. The molecule has 2 heterocycles. The lowest BCUT2D eigenvalue weighted by molar-refractivity contribution is 0.200. The van der Waals surface area contributed by atoms with E-state index < -0.39 is 0 Å². The molecule has 2 atom stereocenters. The Labute approximate surface area is 110 Å². The fraction of sp³-hybridized carbons (Fsp3) is 0.786. The smallest absolute Gasteiger partial charge is 0.0948 e. The van der Waals surface area contributed by atoms with E-state index in [-0.39, 0.29) is 0 Å². The van der Waals surface area contributed by atoms with Gasteiger partial charge in [-0.05, 0) is 45.2 Å². The largest absolute Gasteiger partial charge is 0.333 e. The van der Waals surface area contributed by atoms with E-state index in [1.54, 1.807) is 0 Å². The molecule has 0 aromatic carbocycles. The van der Waals surface area contributed by atoms with Crippen LogP contribution in [0.4, 0.5) is 0 Å². The van der Waals surface area contributed by atoms with Gasteiger partial charge in [0.1, 0.15) is 0 Å². The molecule has 1 fully saturated rings. The zero-order valence-corrected chi connectivity index (χ0v) is 11.7. The van der Waals surface area contributed by atoms with Crippen molar-refractivity contribution in [1.29, 1.82) is 0 Å². The van der Waals surface area contributed by atoms with Crippen molar-refractivity contribution in [2.24, 2.45) is 11.7 Å². The number of rotatable bonds is 4. The molecule has 0 radical (unpaired) electrons. The standard InChI is InChI=1S/C14H26N4/c1-3-17-11-16-10-14(17)13(9-15)18-7-4-5-12(2)6-8-18/h10-13H,3-9,15H2,1-2H3. The van der Waals surface area contributed by atoms with Crippen LogP contribution in [0.3, 0.4) is 0 Å². The topological polar surface area (TPSA) is 47.1 Å². The van der Waals surface area contributed by atoms with Gasteiger partial charge >= 0.3 is 0 Å². The van der Waals surface area contributed by atoms with Crippen molar-refractivity contribution in [1.82, 2.24) is 14.5 Å². The molecule has 1 saturated heterocycles. The van der Waals surface area contributed by atoms with E-state index >= 15 is 0 Å². The zero-order valence-electron chi connectivity index (χ0n) is 11.7. The minimum Gasteiger partial charge on any atom is -0.333 e. The van der Waals surface area contributed by atoms with E-state index in [0.29, 0.717) is 12.6 Å². The minimum absolute atomic E-state index is 0.331. The lowest BCUT2D eigenvalue weighted by Gasteiger charge is -2.30. The number of nitrogens with two attached hydrogens (primary N) is 1. The SMILES string of the molecule is CCn1cncc1C(CN)N1CCCC(C)CC1. The highest BCUT2D eigenvalue weighted by molar-refractivity contribution is 5.06. The summed E-state index contributed by atoms with van der Waals surface area (Å²) in [5.41, 5.74) is 7.29. The van der Waals surface area contributed by atoms with Crippen molar-refractivity contribution in [2.45, 2.75) is 45.7 Å². The molecule has 102 valence electrons. The Balaban J connectivity index is 2.12. The van der Waals surface area contributed by atoms with Crippen molar-refractivity contribution in [2.75, 3.05) is 19.6 Å². The first-order chi connectivity index (χ1) is 8.76. The van der Waals surface area contributed by atoms with Gasteiger partial charge in [0.15, 0.2) is 0 Å². The van der Waals surface area contributed by atoms with Crippen LogP contribution in [-0.2, 0) is 6.54 Å². The highest BCUT2D eigenvalue weighted by Gasteiger charge is 2.24. The van der Waals surface area contributed by atoms with E-state index in [2.05, 4.69) is 28.3 Å². The molecule has 0 spiro atoms. The van der Waals surface area contributed by atoms with Gasteiger partial charge in [-0.2, -0.15) is 0 Å². The number of imidazole rings is 1. The minimum atomic E-state index is 0.331. The van der Waals surface area contributed by atoms with Crippen LogP contribution in [0.15, 0.2) is 12.5 Å². The molecule has 18 heavy (non-hydrogen) atoms. The molecule has 0 bridgehead atoms. The van der Waals surface area contributed by atoms with Crippen LogP contribution in [0.1, 0.15) is 44.8 Å². The second-order valence-corrected chi connectivity index (χ2v) is 5.43. The molecule has 1 aliphatic heterocycles. The van der Waals surface area contributed by atoms with Gasteiger partial charge in [-0.1, -0.05) is 6.92 Å². The maximum absolute atomic E-state index is 6.02. The number of aromatic nitrogens is 2. The Kier molecular flexibility index (Phi) is 4.78. The average Bonchev–Trinajstić information content (AvgIpc) is 2.74. The number of aryl methyl sites for hydroxylation is 1. The third-order valence-corrected chi connectivity index (χ3v) is 4.14. The highest BCUT2D eigenvalue weighted by Crippen LogP contribution is 2.25. The normalized spacial score (nSPS) is 23.8. The van der Waals surface area contributed by atoms with Crippen LogP contribution in [0, 0.1) is 5.92 Å². The van der Waals surface area contributed by atoms with Crippen LogP contribution in [0.25, 0.3) is 0 Å². The zero-order chi connectivity index (χ0) is 13.0. The maximum Gasteiger partial charge on any atom is 0.0948 e. The number of hydrogen-bond acceptors (Lipinski definition) is 3. The molecule has 1 aromatic heterocycles. The van der Waals surface area contributed by atoms with Gasteiger partial charge in [-0.15, -0.1) is 0 Å². The molecule has 2 rings (SSSR count). The number of hydrogen-bond donors (Lipinski definition) is 1. The van der Waals surface area contributed by atoms with Crippen molar-refractivity contribution in [3.63, 3.8) is 0 Å². The van der Waals surface area contributed by atoms with Crippen molar-refractivity contribution >= 4 is 0 Å². The second-order valence-electron chi connectivity index (χ2n) is 5.43. The maximum atomic E-state index is 6.02. The Bertz CT molecular complexity index is 360. The lowest BCUT2D eigenvalue weighted by Crippen LogP contribution is -2.35. The van der Waals surface area contributed by atoms with Gasteiger partial charge < -0.3 is 10.3 Å². The molecule has 2 N–H and O–H groups in total. The first-order valence-electron chi connectivity index (χ1n) is 7.20. The summed E-state index contributed by atoms with van der Waals surface area (Å²) in [4.78, 5) is 6.82. The van der Waals surface area contributed by atoms with E-state index in [9.17, 15) is 0 Å². The predicted molar refractivity (Wildman–Crippen MR) is 74.3 cm³/mol. The Hall–Kier alpha value is -0.870. The van der Waals surface area contributed by atoms with Gasteiger partial charge in [0, 0.05) is 19.3 Å². The molecular weight excluding hydrogens is 224 g/mol. The third kappa shape index (κ3) is 2.93. The van der Waals surface area contributed by atoms with Gasteiger partial charge in [-0.25, -0.2) is 4.98 Å². The van der Waals surface area contributed by atoms with Crippen LogP contribution >= 0.6 is 0 Å². The van der Waals surface area contributed by atoms with E-state index in [1.807, 2.05) is 12.5 Å². The molecule has 4 heteroatoms. The average molecular weight is 250 g/mol. The Morgan fingerprint density at radius 3 is 3.00 bits per heavy atom. The first kappa shape index (κ1) is 13.6. The highest BCUT2D eigenvalue weighted by atomic mass is 15.2. The summed E-state index contributed by atoms with van der Waals surface area (Å²) in [7, 11) is 0. The van der Waals surface area contributed by atoms with Crippen LogP contribution in [0.5, 0.6) is 0 Å². The molecule has 4 nitrogen and oxygen atoms in total. The van der Waals surface area contributed by atoms with E-state index in [4.69, 9.17) is 5.73 Å². The van der Waals surface area contributed by atoms with Gasteiger partial charge in [0.05, 0.1) is 18.1 Å². The Morgan fingerprint density at radius 1 is 1.44 bits per heavy atom. The predicted octanol–water partition coefficient (Wildman–Crippen LogP) is 2.02. The molecular formula is C14H26N4. The molecule has 0 saturated carbocycles. The monoisotopic (exact) mass is 250 g/mol. The summed E-state index contributed by atoms with van der Waals surface area (Å²) in [6.07, 6.45) is 7.82. The fourth-order valence-corrected chi connectivity index (χ4v) is 2.93. The van der Waals surface area contributed by atoms with E-state index in [0.717, 1.165) is 19.0 Å². The lowest BCUT2D eigenvalue weighted by atomic mass is 10.0. The molecule has 1 aliphatic rings. The molecule has 0 amide bonds. The van der Waals surface area contributed by atoms with Crippen LogP contribution in [0.2, 0.25) is 0 Å². The summed E-state index contributed by atoms with van der Waals surface area (Å²) < 4.78 is 2.21. The van der Waals surface area contributed by atoms with Gasteiger partial charge in [-0.3, -0.25) is 4.90 Å². The van der Waals surface area contributed by atoms with Crippen LogP contribution < -0.4 is 5.73 Å². The Morgan fingerprint density at radius 2 is 2.28 bits per heavy atom. The summed E-state index contributed by atoms with van der Waals surface area (Å²) in [6.45, 7) is 8.50. The van der Waals surface area contributed by atoms with Crippen LogP contribution in [-0.4, -0.2) is 34.1 Å². The number of nitrogens with zero attached hydrogens (tertiary/aromatic N) is 3. The molecule has 0 aliphatic carbocycles. The van der Waals surface area contributed by atoms with E-state index in [1.165, 1.54) is 31.5 Å². The van der Waals surface area contributed by atoms with Crippen molar-refractivity contribution in [3.05, 3.63) is 18.2 Å². The summed E-state index contributed by atoms with van der Waals surface area (Å²) >= 11 is 0. The van der Waals surface area contributed by atoms with Crippen molar-refractivity contribution < 1.29 is 0 Å². The van der Waals surface area contributed by atoms with Gasteiger partial charge in [0.2, 0.25) is 0 Å².